The fourth-order valence-electron chi connectivity index (χ4n) is 4.83. The molecular weight excluding hydrogens is 398 g/mol. The number of unbranched alkanes of at least 4 members (excludes halogenated alkanes) is 1. The van der Waals surface area contributed by atoms with Gasteiger partial charge in [-0.15, -0.1) is 0 Å². The first-order valence-electron chi connectivity index (χ1n) is 10.6. The Hall–Kier alpha value is -2.18. The molecule has 0 radical (unpaired) electrons. The predicted octanol–water partition coefficient (Wildman–Crippen LogP) is 4.66. The number of nitrogens with zero attached hydrogens (tertiary/aromatic N) is 1. The van der Waals surface area contributed by atoms with Gasteiger partial charge in [-0.1, -0.05) is 80.4 Å². The van der Waals surface area contributed by atoms with Crippen LogP contribution in [0.2, 0.25) is 0 Å². The molecule has 0 spiro atoms. The standard InChI is InChI=1S/C24H31NO4S/c1-3-4-15-22-21(20-13-9-6-10-14-20)16-17-25(24(22,2)23(26)27)30(28,29)18-19-11-7-5-8-12-19/h5-14,21-22H,3-4,15-18H2,1-2H3,(H,26,27). The number of benzene rings is 2. The van der Waals surface area contributed by atoms with E-state index in [0.29, 0.717) is 18.4 Å². The number of carbonyl (C=O) groups is 1. The zero-order chi connectivity index (χ0) is 21.8. The molecular formula is C24H31NO4S. The summed E-state index contributed by atoms with van der Waals surface area (Å²) < 4.78 is 28.1. The van der Waals surface area contributed by atoms with Gasteiger partial charge < -0.3 is 5.11 Å². The van der Waals surface area contributed by atoms with Crippen LogP contribution in [0.4, 0.5) is 0 Å². The first kappa shape index (κ1) is 22.5. The van der Waals surface area contributed by atoms with Gasteiger partial charge in [0.25, 0.3) is 0 Å². The number of hydrogen-bond donors (Lipinski definition) is 1. The second-order valence-electron chi connectivity index (χ2n) is 8.32. The van der Waals surface area contributed by atoms with Gasteiger partial charge in [0.15, 0.2) is 0 Å². The summed E-state index contributed by atoms with van der Waals surface area (Å²) in [5.74, 6) is -1.53. The average molecular weight is 430 g/mol. The van der Waals surface area contributed by atoms with E-state index in [4.69, 9.17) is 0 Å². The monoisotopic (exact) mass is 429 g/mol. The van der Waals surface area contributed by atoms with Crippen molar-refractivity contribution in [1.29, 1.82) is 0 Å². The lowest BCUT2D eigenvalue weighted by atomic mass is 9.67. The Morgan fingerprint density at radius 1 is 1.10 bits per heavy atom. The molecule has 0 saturated carbocycles. The number of rotatable bonds is 8. The van der Waals surface area contributed by atoms with E-state index < -0.39 is 21.5 Å². The Morgan fingerprint density at radius 2 is 1.70 bits per heavy atom. The highest BCUT2D eigenvalue weighted by Gasteiger charge is 2.56. The molecule has 2 aromatic rings. The second kappa shape index (κ2) is 9.31. The van der Waals surface area contributed by atoms with Crippen molar-refractivity contribution in [3.05, 3.63) is 71.8 Å². The van der Waals surface area contributed by atoms with Crippen LogP contribution in [0.15, 0.2) is 60.7 Å². The minimum atomic E-state index is -3.80. The summed E-state index contributed by atoms with van der Waals surface area (Å²) in [7, 11) is -3.80. The van der Waals surface area contributed by atoms with Gasteiger partial charge in [0.05, 0.1) is 5.75 Å². The van der Waals surface area contributed by atoms with Crippen molar-refractivity contribution in [2.75, 3.05) is 6.54 Å². The Labute approximate surface area is 179 Å². The van der Waals surface area contributed by atoms with Gasteiger partial charge >= 0.3 is 5.97 Å². The smallest absolute Gasteiger partial charge is 0.325 e. The third-order valence-electron chi connectivity index (χ3n) is 6.43. The van der Waals surface area contributed by atoms with Crippen LogP contribution in [0.25, 0.3) is 0 Å². The van der Waals surface area contributed by atoms with Crippen LogP contribution < -0.4 is 0 Å². The molecule has 5 nitrogen and oxygen atoms in total. The van der Waals surface area contributed by atoms with Gasteiger partial charge in [-0.05, 0) is 42.7 Å². The van der Waals surface area contributed by atoms with E-state index in [1.807, 2.05) is 36.4 Å². The Bertz CT molecular complexity index is 946. The zero-order valence-corrected chi connectivity index (χ0v) is 18.5. The highest BCUT2D eigenvalue weighted by Crippen LogP contribution is 2.47. The molecule has 0 bridgehead atoms. The summed E-state index contributed by atoms with van der Waals surface area (Å²) in [6, 6.07) is 18.9. The Balaban J connectivity index is 2.02. The van der Waals surface area contributed by atoms with Gasteiger partial charge in [-0.3, -0.25) is 4.79 Å². The van der Waals surface area contributed by atoms with Crippen LogP contribution >= 0.6 is 0 Å². The normalized spacial score (nSPS) is 25.1. The molecule has 3 rings (SSSR count). The van der Waals surface area contributed by atoms with Crippen molar-refractivity contribution in [1.82, 2.24) is 4.31 Å². The van der Waals surface area contributed by atoms with E-state index in [9.17, 15) is 18.3 Å². The number of hydrogen-bond acceptors (Lipinski definition) is 3. The van der Waals surface area contributed by atoms with Gasteiger partial charge in [0.1, 0.15) is 5.54 Å². The van der Waals surface area contributed by atoms with Crippen LogP contribution in [0.3, 0.4) is 0 Å². The maximum Gasteiger partial charge on any atom is 0.325 e. The molecule has 0 aromatic heterocycles. The molecule has 3 unspecified atom stereocenters. The van der Waals surface area contributed by atoms with Crippen LogP contribution in [-0.2, 0) is 20.6 Å². The molecule has 2 aromatic carbocycles. The SMILES string of the molecule is CCCCC1C(c2ccccc2)CCN(S(=O)(=O)Cc2ccccc2)C1(C)C(=O)O. The summed E-state index contributed by atoms with van der Waals surface area (Å²) >= 11 is 0. The lowest BCUT2D eigenvalue weighted by Gasteiger charge is -2.50. The van der Waals surface area contributed by atoms with E-state index in [2.05, 4.69) is 6.92 Å². The van der Waals surface area contributed by atoms with Crippen molar-refractivity contribution in [3.63, 3.8) is 0 Å². The number of aliphatic carboxylic acids is 1. The average Bonchev–Trinajstić information content (AvgIpc) is 2.73. The molecule has 1 aliphatic rings. The highest BCUT2D eigenvalue weighted by atomic mass is 32.2. The molecule has 30 heavy (non-hydrogen) atoms. The minimum Gasteiger partial charge on any atom is -0.480 e. The molecule has 0 aliphatic carbocycles. The van der Waals surface area contributed by atoms with Gasteiger partial charge in [0, 0.05) is 6.54 Å². The maximum atomic E-state index is 13.4. The van der Waals surface area contributed by atoms with Crippen LogP contribution in [0.1, 0.15) is 56.6 Å². The zero-order valence-electron chi connectivity index (χ0n) is 17.7. The molecule has 6 heteroatoms. The van der Waals surface area contributed by atoms with E-state index in [0.717, 1.165) is 18.4 Å². The van der Waals surface area contributed by atoms with Crippen LogP contribution in [0.5, 0.6) is 0 Å². The van der Waals surface area contributed by atoms with Crippen molar-refractivity contribution in [2.24, 2.45) is 5.92 Å². The largest absolute Gasteiger partial charge is 0.480 e. The van der Waals surface area contributed by atoms with Crippen molar-refractivity contribution >= 4 is 16.0 Å². The maximum absolute atomic E-state index is 13.4. The molecule has 1 aliphatic heterocycles. The number of piperidine rings is 1. The lowest BCUT2D eigenvalue weighted by Crippen LogP contribution is -2.63. The van der Waals surface area contributed by atoms with E-state index in [1.54, 1.807) is 31.2 Å². The number of carboxylic acid groups (broad SMARTS) is 1. The second-order valence-corrected chi connectivity index (χ2v) is 10.2. The molecule has 1 N–H and O–H groups in total. The first-order valence-corrected chi connectivity index (χ1v) is 12.2. The third-order valence-corrected chi connectivity index (χ3v) is 8.36. The fourth-order valence-corrected chi connectivity index (χ4v) is 6.77. The molecule has 1 fully saturated rings. The number of sulfonamides is 1. The summed E-state index contributed by atoms with van der Waals surface area (Å²) in [4.78, 5) is 12.6. The minimum absolute atomic E-state index is 0.0158. The molecule has 1 heterocycles. The van der Waals surface area contributed by atoms with Crippen molar-refractivity contribution in [3.8, 4) is 0 Å². The van der Waals surface area contributed by atoms with E-state index in [-0.39, 0.29) is 24.1 Å². The van der Waals surface area contributed by atoms with Gasteiger partial charge in [-0.25, -0.2) is 8.42 Å². The molecule has 1 saturated heterocycles. The Kier molecular flexibility index (Phi) is 6.98. The van der Waals surface area contributed by atoms with Crippen LogP contribution in [-0.4, -0.2) is 35.9 Å². The molecule has 0 amide bonds. The van der Waals surface area contributed by atoms with Crippen molar-refractivity contribution in [2.45, 2.75) is 56.7 Å². The van der Waals surface area contributed by atoms with Crippen LogP contribution in [0, 0.1) is 5.92 Å². The third kappa shape index (κ3) is 4.44. The summed E-state index contributed by atoms with van der Waals surface area (Å²) in [5.41, 5.74) is 0.272. The van der Waals surface area contributed by atoms with Crippen molar-refractivity contribution < 1.29 is 18.3 Å². The quantitative estimate of drug-likeness (QED) is 0.662. The fraction of sp³-hybridized carbons (Fsp3) is 0.458. The van der Waals surface area contributed by atoms with Gasteiger partial charge in [0.2, 0.25) is 10.0 Å². The number of carboxylic acids is 1. The summed E-state index contributed by atoms with van der Waals surface area (Å²) in [6.45, 7) is 3.88. The topological polar surface area (TPSA) is 74.7 Å². The lowest BCUT2D eigenvalue weighted by molar-refractivity contribution is -0.153. The summed E-state index contributed by atoms with van der Waals surface area (Å²) in [5, 5.41) is 10.3. The Morgan fingerprint density at radius 3 is 2.27 bits per heavy atom. The van der Waals surface area contributed by atoms with Gasteiger partial charge in [-0.2, -0.15) is 4.31 Å². The highest BCUT2D eigenvalue weighted by molar-refractivity contribution is 7.88. The van der Waals surface area contributed by atoms with E-state index in [1.165, 1.54) is 4.31 Å². The predicted molar refractivity (Wildman–Crippen MR) is 119 cm³/mol. The summed E-state index contributed by atoms with van der Waals surface area (Å²) in [6.07, 6.45) is 3.10. The first-order chi connectivity index (χ1) is 14.3. The molecule has 162 valence electrons. The van der Waals surface area contributed by atoms with E-state index >= 15 is 0 Å². The molecule has 3 atom stereocenters.